The molecule has 0 spiro atoms. The van der Waals surface area contributed by atoms with Crippen LogP contribution in [0, 0.1) is 25.2 Å². The maximum Gasteiger partial charge on any atom is 0.238 e. The minimum atomic E-state index is 0.213. The zero-order valence-corrected chi connectivity index (χ0v) is 23.8. The van der Waals surface area contributed by atoms with Crippen LogP contribution in [0.25, 0.3) is 28.1 Å². The molecule has 5 rings (SSSR count). The van der Waals surface area contributed by atoms with Gasteiger partial charge in [-0.1, -0.05) is 35.3 Å². The van der Waals surface area contributed by atoms with Gasteiger partial charge in [0.15, 0.2) is 0 Å². The summed E-state index contributed by atoms with van der Waals surface area (Å²) in [7, 11) is 3.23. The van der Waals surface area contributed by atoms with Crippen molar-refractivity contribution in [3.8, 4) is 45.7 Å². The second-order valence-corrected chi connectivity index (χ2v) is 9.91. The molecule has 200 valence electrons. The fraction of sp³-hybridized carbons (Fsp3) is 0.125. The Morgan fingerprint density at radius 3 is 2.10 bits per heavy atom. The molecule has 5 aromatic rings. The average molecular weight is 570 g/mol. The van der Waals surface area contributed by atoms with Gasteiger partial charge >= 0.3 is 0 Å². The number of rotatable bonds is 7. The van der Waals surface area contributed by atoms with Crippen LogP contribution >= 0.6 is 23.2 Å². The number of furan rings is 1. The summed E-state index contributed by atoms with van der Waals surface area (Å²) in [5, 5.41) is 11.4. The van der Waals surface area contributed by atoms with Gasteiger partial charge in [-0.15, -0.1) is 0 Å². The molecule has 0 bridgehead atoms. The zero-order chi connectivity index (χ0) is 28.4. The van der Waals surface area contributed by atoms with Crippen LogP contribution in [0.15, 0.2) is 82.2 Å². The molecular weight excluding hydrogens is 545 g/mol. The van der Waals surface area contributed by atoms with Crippen LogP contribution in [-0.4, -0.2) is 25.0 Å². The molecule has 0 aliphatic heterocycles. The predicted octanol–water partition coefficient (Wildman–Crippen LogP) is 8.97. The Labute approximate surface area is 242 Å². The van der Waals surface area contributed by atoms with Crippen LogP contribution in [0.4, 0.5) is 5.88 Å². The fourth-order valence-corrected chi connectivity index (χ4v) is 5.04. The maximum absolute atomic E-state index is 10.2. The van der Waals surface area contributed by atoms with E-state index in [0.29, 0.717) is 32.7 Å². The molecule has 3 aromatic carbocycles. The molecule has 0 amide bonds. The van der Waals surface area contributed by atoms with Crippen molar-refractivity contribution in [2.24, 2.45) is 4.99 Å². The van der Waals surface area contributed by atoms with E-state index < -0.39 is 0 Å². The minimum Gasteiger partial charge on any atom is -0.497 e. The molecule has 2 heterocycles. The van der Waals surface area contributed by atoms with E-state index in [1.54, 1.807) is 32.6 Å². The monoisotopic (exact) mass is 569 g/mol. The molecule has 0 saturated carbocycles. The summed E-state index contributed by atoms with van der Waals surface area (Å²) in [6.45, 7) is 3.96. The molecule has 0 saturated heterocycles. The van der Waals surface area contributed by atoms with Gasteiger partial charge in [-0.05, 0) is 80.1 Å². The molecule has 2 aromatic heterocycles. The molecule has 0 atom stereocenters. The van der Waals surface area contributed by atoms with E-state index in [-0.39, 0.29) is 5.88 Å². The number of aryl methyl sites for hydroxylation is 1. The lowest BCUT2D eigenvalue weighted by Gasteiger charge is -2.12. The number of nitriles is 1. The van der Waals surface area contributed by atoms with E-state index in [1.165, 1.54) is 0 Å². The molecular formula is C32H25Cl2N3O3. The van der Waals surface area contributed by atoms with Crippen molar-refractivity contribution in [2.75, 3.05) is 14.2 Å². The lowest BCUT2D eigenvalue weighted by molar-refractivity contribution is 0.414. The summed E-state index contributed by atoms with van der Waals surface area (Å²) in [6, 6.07) is 24.6. The number of hydrogen-bond donors (Lipinski definition) is 0. The Morgan fingerprint density at radius 1 is 0.875 bits per heavy atom. The van der Waals surface area contributed by atoms with Gasteiger partial charge in [0, 0.05) is 39.3 Å². The van der Waals surface area contributed by atoms with Crippen molar-refractivity contribution in [1.29, 1.82) is 5.26 Å². The Kier molecular flexibility index (Phi) is 7.70. The van der Waals surface area contributed by atoms with Gasteiger partial charge in [0.05, 0.1) is 24.9 Å². The van der Waals surface area contributed by atoms with E-state index in [0.717, 1.165) is 39.5 Å². The molecule has 0 aliphatic rings. The van der Waals surface area contributed by atoms with Crippen LogP contribution in [0.1, 0.15) is 22.5 Å². The molecule has 0 fully saturated rings. The first-order chi connectivity index (χ1) is 19.3. The predicted molar refractivity (Wildman–Crippen MR) is 160 cm³/mol. The summed E-state index contributed by atoms with van der Waals surface area (Å²) in [5.41, 5.74) is 6.09. The first kappa shape index (κ1) is 27.1. The number of methoxy groups -OCH3 is 2. The van der Waals surface area contributed by atoms with Gasteiger partial charge in [-0.25, -0.2) is 4.99 Å². The Morgan fingerprint density at radius 2 is 1.50 bits per heavy atom. The topological polar surface area (TPSA) is 72.7 Å². The summed E-state index contributed by atoms with van der Waals surface area (Å²) in [4.78, 5) is 4.66. The summed E-state index contributed by atoms with van der Waals surface area (Å²) < 4.78 is 18.9. The molecule has 40 heavy (non-hydrogen) atoms. The molecule has 8 heteroatoms. The van der Waals surface area contributed by atoms with Gasteiger partial charge in [-0.2, -0.15) is 5.26 Å². The second kappa shape index (κ2) is 11.4. The van der Waals surface area contributed by atoms with Crippen molar-refractivity contribution >= 4 is 35.3 Å². The Balaban J connectivity index is 1.63. The first-order valence-electron chi connectivity index (χ1n) is 12.4. The quantitative estimate of drug-likeness (QED) is 0.183. The third kappa shape index (κ3) is 5.10. The highest BCUT2D eigenvalue weighted by atomic mass is 35.5. The van der Waals surface area contributed by atoms with E-state index >= 15 is 0 Å². The summed E-state index contributed by atoms with van der Waals surface area (Å²) in [5.74, 6) is 2.18. The summed E-state index contributed by atoms with van der Waals surface area (Å²) >= 11 is 12.7. The van der Waals surface area contributed by atoms with Crippen molar-refractivity contribution in [1.82, 2.24) is 4.57 Å². The number of aliphatic imine (C=N–C) groups is 1. The molecule has 6 nitrogen and oxygen atoms in total. The van der Waals surface area contributed by atoms with Crippen molar-refractivity contribution in [3.63, 3.8) is 0 Å². The third-order valence-electron chi connectivity index (χ3n) is 6.67. The van der Waals surface area contributed by atoms with Gasteiger partial charge < -0.3 is 18.5 Å². The maximum atomic E-state index is 10.2. The van der Waals surface area contributed by atoms with Crippen LogP contribution < -0.4 is 9.47 Å². The number of aromatic nitrogens is 1. The smallest absolute Gasteiger partial charge is 0.238 e. The standard InChI is InChI=1S/C32H25Cl2N3O3/c1-19-15-23(20(2)37(19)29-16-24(33)9-14-28(29)34)18-36-32-27(17-35)30(21-5-10-25(38-3)11-6-21)31(40-32)22-7-12-26(39-4)13-8-22/h5-16,18H,1-4H3. The van der Waals surface area contributed by atoms with E-state index in [2.05, 4.69) is 11.1 Å². The van der Waals surface area contributed by atoms with E-state index in [4.69, 9.17) is 37.1 Å². The molecule has 0 radical (unpaired) electrons. The minimum absolute atomic E-state index is 0.213. The van der Waals surface area contributed by atoms with E-state index in [9.17, 15) is 5.26 Å². The third-order valence-corrected chi connectivity index (χ3v) is 7.23. The molecule has 0 unspecified atom stereocenters. The van der Waals surface area contributed by atoms with Crippen LogP contribution in [0.2, 0.25) is 10.0 Å². The number of nitrogens with zero attached hydrogens (tertiary/aromatic N) is 3. The van der Waals surface area contributed by atoms with Crippen LogP contribution in [0.5, 0.6) is 11.5 Å². The SMILES string of the molecule is COc1ccc(-c2oc(N=Cc3cc(C)n(-c4cc(Cl)ccc4Cl)c3C)c(C#N)c2-c2ccc(OC)cc2)cc1. The Bertz CT molecular complexity index is 1760. The lowest BCUT2D eigenvalue weighted by atomic mass is 9.98. The van der Waals surface area contributed by atoms with Gasteiger partial charge in [-0.3, -0.25) is 0 Å². The zero-order valence-electron chi connectivity index (χ0n) is 22.3. The largest absolute Gasteiger partial charge is 0.497 e. The highest BCUT2D eigenvalue weighted by molar-refractivity contribution is 6.34. The number of halogens is 2. The average Bonchev–Trinajstić information content (AvgIpc) is 3.49. The molecule has 0 aliphatic carbocycles. The van der Waals surface area contributed by atoms with Gasteiger partial charge in [0.2, 0.25) is 5.88 Å². The Hall–Kier alpha value is -4.44. The first-order valence-corrected chi connectivity index (χ1v) is 13.1. The van der Waals surface area contributed by atoms with Crippen LogP contribution in [0.3, 0.4) is 0 Å². The van der Waals surface area contributed by atoms with Gasteiger partial charge in [0.25, 0.3) is 0 Å². The van der Waals surface area contributed by atoms with Crippen LogP contribution in [-0.2, 0) is 0 Å². The second-order valence-electron chi connectivity index (χ2n) is 9.07. The van der Waals surface area contributed by atoms with Crippen molar-refractivity contribution < 1.29 is 13.9 Å². The van der Waals surface area contributed by atoms with E-state index in [1.807, 2.05) is 79.1 Å². The molecule has 0 N–H and O–H groups in total. The fourth-order valence-electron chi connectivity index (χ4n) is 4.67. The highest BCUT2D eigenvalue weighted by Gasteiger charge is 2.23. The highest BCUT2D eigenvalue weighted by Crippen LogP contribution is 2.43. The van der Waals surface area contributed by atoms with Crippen molar-refractivity contribution in [3.05, 3.63) is 105 Å². The summed E-state index contributed by atoms with van der Waals surface area (Å²) in [6.07, 6.45) is 1.70. The van der Waals surface area contributed by atoms with Gasteiger partial charge in [0.1, 0.15) is 28.9 Å². The number of benzene rings is 3. The number of ether oxygens (including phenoxy) is 2. The lowest BCUT2D eigenvalue weighted by Crippen LogP contribution is -2.00. The normalized spacial score (nSPS) is 11.1. The number of hydrogen-bond acceptors (Lipinski definition) is 5. The van der Waals surface area contributed by atoms with Crippen molar-refractivity contribution in [2.45, 2.75) is 13.8 Å².